The number of aromatic nitrogens is 3. The van der Waals surface area contributed by atoms with Gasteiger partial charge in [0.05, 0.1) is 29.2 Å². The van der Waals surface area contributed by atoms with Crippen molar-refractivity contribution in [1.29, 1.82) is 0 Å². The molecule has 5 rings (SSSR count). The average molecular weight is 527 g/mol. The Morgan fingerprint density at radius 2 is 2.05 bits per heavy atom. The summed E-state index contributed by atoms with van der Waals surface area (Å²) in [5, 5.41) is 6.60. The molecule has 1 aliphatic heterocycles. The molecule has 3 N–H and O–H groups in total. The van der Waals surface area contributed by atoms with Gasteiger partial charge in [0.1, 0.15) is 6.04 Å². The van der Waals surface area contributed by atoms with Gasteiger partial charge < -0.3 is 20.5 Å². The number of carbonyl (C=O) groups excluding carboxylic acids is 2. The zero-order valence-corrected chi connectivity index (χ0v) is 20.6. The Hall–Kier alpha value is -3.71. The van der Waals surface area contributed by atoms with E-state index in [4.69, 9.17) is 11.6 Å². The van der Waals surface area contributed by atoms with Gasteiger partial charge in [0.15, 0.2) is 0 Å². The van der Waals surface area contributed by atoms with Crippen LogP contribution in [-0.2, 0) is 9.59 Å². The number of halogens is 3. The van der Waals surface area contributed by atoms with Crippen LogP contribution in [0.3, 0.4) is 0 Å². The molecule has 11 heteroatoms. The minimum Gasteiger partial charge on any atom is -0.360 e. The monoisotopic (exact) mass is 526 g/mol. The van der Waals surface area contributed by atoms with Crippen LogP contribution < -0.4 is 10.6 Å². The van der Waals surface area contributed by atoms with E-state index in [1.165, 1.54) is 6.20 Å². The number of anilines is 1. The van der Waals surface area contributed by atoms with Crippen molar-refractivity contribution in [3.8, 4) is 11.3 Å². The molecule has 2 fully saturated rings. The molecule has 3 heterocycles. The third-order valence-corrected chi connectivity index (χ3v) is 7.13. The van der Waals surface area contributed by atoms with Crippen molar-refractivity contribution in [2.45, 2.75) is 56.2 Å². The lowest BCUT2D eigenvalue weighted by atomic mass is 9.90. The molecule has 37 heavy (non-hydrogen) atoms. The molecule has 0 unspecified atom stereocenters. The first-order chi connectivity index (χ1) is 17.7. The summed E-state index contributed by atoms with van der Waals surface area (Å²) in [6.45, 7) is 2.57. The Morgan fingerprint density at radius 1 is 1.27 bits per heavy atom. The Morgan fingerprint density at radius 3 is 2.86 bits per heavy atom. The molecule has 1 saturated carbocycles. The Kier molecular flexibility index (Phi) is 6.73. The number of rotatable bonds is 6. The molecule has 3 aliphatic rings. The van der Waals surface area contributed by atoms with Gasteiger partial charge in [0, 0.05) is 41.9 Å². The predicted molar refractivity (Wildman–Crippen MR) is 136 cm³/mol. The van der Waals surface area contributed by atoms with Crippen molar-refractivity contribution in [3.63, 3.8) is 0 Å². The molecule has 1 saturated heterocycles. The molecule has 0 radical (unpaired) electrons. The van der Waals surface area contributed by atoms with Gasteiger partial charge in [0.2, 0.25) is 17.8 Å². The first-order valence-corrected chi connectivity index (χ1v) is 12.4. The van der Waals surface area contributed by atoms with E-state index >= 15 is 0 Å². The minimum atomic E-state index is -3.11. The highest BCUT2D eigenvalue weighted by Gasteiger charge is 2.49. The number of aromatic amines is 1. The van der Waals surface area contributed by atoms with Crippen molar-refractivity contribution in [3.05, 3.63) is 52.8 Å². The fourth-order valence-electron chi connectivity index (χ4n) is 5.11. The lowest BCUT2D eigenvalue weighted by Crippen LogP contribution is -2.50. The van der Waals surface area contributed by atoms with Gasteiger partial charge in [-0.15, -0.1) is 0 Å². The standard InChI is InChI=1S/C26H25ClF2N6O2/c1-2-22(36)35-14-26(28,29)11-21(35)24(37)32-15-6-5-7-16(10-15)33-25-31-13-19(27)23(34-25)18-12-30-20-9-4-3-8-17(18)20/h2,8-9,12-13,15-16,21,30H,1,5-7,10-11,14H2,(H,32,37)(H,31,33,34)/t15-,16+,21-/m0/s1. The van der Waals surface area contributed by atoms with Crippen LogP contribution in [0.2, 0.25) is 5.02 Å². The highest BCUT2D eigenvalue weighted by Crippen LogP contribution is 2.34. The number of nitrogens with one attached hydrogen (secondary N) is 3. The van der Waals surface area contributed by atoms with E-state index in [0.29, 0.717) is 29.5 Å². The molecular formula is C26H25ClF2N6O2. The third-order valence-electron chi connectivity index (χ3n) is 6.85. The van der Waals surface area contributed by atoms with Crippen molar-refractivity contribution in [2.75, 3.05) is 11.9 Å². The summed E-state index contributed by atoms with van der Waals surface area (Å²) in [6.07, 6.45) is 10.1. The summed E-state index contributed by atoms with van der Waals surface area (Å²) in [7, 11) is 0. The van der Waals surface area contributed by atoms with Crippen molar-refractivity contribution >= 4 is 41.5 Å². The van der Waals surface area contributed by atoms with E-state index in [2.05, 4.69) is 43.6 Å². The zero-order valence-electron chi connectivity index (χ0n) is 19.9. The van der Waals surface area contributed by atoms with Crippen molar-refractivity contribution in [1.82, 2.24) is 25.2 Å². The van der Waals surface area contributed by atoms with E-state index in [9.17, 15) is 18.4 Å². The largest absolute Gasteiger partial charge is 0.360 e. The van der Waals surface area contributed by atoms with Gasteiger partial charge >= 0.3 is 0 Å². The molecule has 2 aliphatic carbocycles. The normalized spacial score (nSPS) is 23.5. The first kappa shape index (κ1) is 25.0. The molecule has 0 bridgehead atoms. The number of amides is 2. The smallest absolute Gasteiger partial charge is 0.267 e. The van der Waals surface area contributed by atoms with E-state index in [1.807, 2.05) is 12.3 Å². The second-order valence-electron chi connectivity index (χ2n) is 9.46. The number of nitrogens with zero attached hydrogens (tertiary/aromatic N) is 3. The fraction of sp³-hybridized carbons (Fsp3) is 0.385. The van der Waals surface area contributed by atoms with Crippen LogP contribution >= 0.6 is 11.6 Å². The summed E-state index contributed by atoms with van der Waals surface area (Å²) < 4.78 is 28.0. The molecule has 2 aromatic rings. The number of H-pyrrole nitrogens is 1. The summed E-state index contributed by atoms with van der Waals surface area (Å²) in [5.41, 5.74) is 9.03. The van der Waals surface area contributed by atoms with Crippen LogP contribution in [0.5, 0.6) is 0 Å². The van der Waals surface area contributed by atoms with Crippen LogP contribution in [0.25, 0.3) is 23.4 Å². The second-order valence-corrected chi connectivity index (χ2v) is 9.86. The van der Waals surface area contributed by atoms with E-state index in [-0.39, 0.29) is 12.1 Å². The average Bonchev–Trinajstić information content (AvgIpc) is 3.45. The van der Waals surface area contributed by atoms with Gasteiger partial charge in [-0.25, -0.2) is 18.7 Å². The number of likely N-dealkylation sites (tertiary alicyclic amines) is 1. The SMILES string of the molecule is C=CC(=O)N1CC(F)(F)C[C@H]1C(=O)N[C@H]1CCC[C@@H](Nc2ncc(Cl)c(-c3c[nH]c4c3C=C=C=C4)n2)C1. The van der Waals surface area contributed by atoms with Crippen LogP contribution in [-0.4, -0.2) is 62.3 Å². The summed E-state index contributed by atoms with van der Waals surface area (Å²) in [4.78, 5) is 37.9. The maximum atomic E-state index is 14.0. The molecule has 192 valence electrons. The quantitative estimate of drug-likeness (QED) is 0.330. The topological polar surface area (TPSA) is 103 Å². The number of fused-ring (bicyclic) bond motifs is 1. The highest BCUT2D eigenvalue weighted by atomic mass is 35.5. The van der Waals surface area contributed by atoms with Crippen LogP contribution in [0.1, 0.15) is 43.4 Å². The molecule has 8 nitrogen and oxygen atoms in total. The lowest BCUT2D eigenvalue weighted by Gasteiger charge is -2.32. The first-order valence-electron chi connectivity index (χ1n) is 12.0. The number of alkyl halides is 2. The fourth-order valence-corrected chi connectivity index (χ4v) is 5.30. The zero-order chi connectivity index (χ0) is 26.2. The summed E-state index contributed by atoms with van der Waals surface area (Å²) in [6, 6.07) is -1.50. The summed E-state index contributed by atoms with van der Waals surface area (Å²) >= 11 is 6.42. The van der Waals surface area contributed by atoms with E-state index in [1.54, 1.807) is 6.08 Å². The summed E-state index contributed by atoms with van der Waals surface area (Å²) in [5.74, 6) is -3.96. The predicted octanol–water partition coefficient (Wildman–Crippen LogP) is 4.18. The number of hydrogen-bond acceptors (Lipinski definition) is 5. The molecule has 0 aromatic carbocycles. The Labute approximate surface area is 217 Å². The third kappa shape index (κ3) is 5.23. The van der Waals surface area contributed by atoms with Gasteiger partial charge in [-0.2, -0.15) is 0 Å². The molecule has 3 atom stereocenters. The van der Waals surface area contributed by atoms with Gasteiger partial charge in [-0.3, -0.25) is 9.59 Å². The molecular weight excluding hydrogens is 502 g/mol. The molecule has 2 aromatic heterocycles. The van der Waals surface area contributed by atoms with Gasteiger partial charge in [-0.05, 0) is 37.8 Å². The van der Waals surface area contributed by atoms with E-state index in [0.717, 1.165) is 40.6 Å². The highest BCUT2D eigenvalue weighted by molar-refractivity contribution is 6.33. The van der Waals surface area contributed by atoms with Crippen molar-refractivity contribution < 1.29 is 18.4 Å². The minimum absolute atomic E-state index is 0.0464. The molecule has 0 spiro atoms. The second kappa shape index (κ2) is 9.98. The van der Waals surface area contributed by atoms with Gasteiger partial charge in [-0.1, -0.05) is 29.6 Å². The Balaban J connectivity index is 1.25. The maximum absolute atomic E-state index is 14.0. The Bertz CT molecular complexity index is 1360. The van der Waals surface area contributed by atoms with Crippen LogP contribution in [0, 0.1) is 0 Å². The van der Waals surface area contributed by atoms with Crippen LogP contribution in [0.4, 0.5) is 14.7 Å². The van der Waals surface area contributed by atoms with E-state index < -0.39 is 36.7 Å². The lowest BCUT2D eigenvalue weighted by molar-refractivity contribution is -0.135. The van der Waals surface area contributed by atoms with Crippen LogP contribution in [0.15, 0.2) is 36.5 Å². The van der Waals surface area contributed by atoms with Gasteiger partial charge in [0.25, 0.3) is 5.92 Å². The number of hydrogen-bond donors (Lipinski definition) is 3. The number of carbonyl (C=O) groups is 2. The maximum Gasteiger partial charge on any atom is 0.267 e. The van der Waals surface area contributed by atoms with Crippen molar-refractivity contribution in [2.24, 2.45) is 0 Å². The molecule has 2 amide bonds.